The molecule has 0 bridgehead atoms. The largest absolute Gasteiger partial charge is 0.241 e. The Morgan fingerprint density at radius 3 is 2.55 bits per heavy atom. The zero-order valence-electron chi connectivity index (χ0n) is 12.0. The van der Waals surface area contributed by atoms with Crippen molar-refractivity contribution in [2.24, 2.45) is 5.92 Å². The Morgan fingerprint density at radius 1 is 1.35 bits per heavy atom. The molecule has 3 nitrogen and oxygen atoms in total. The topological polar surface area (TPSA) is 46.2 Å². The summed E-state index contributed by atoms with van der Waals surface area (Å²) in [6, 6.07) is 7.06. The van der Waals surface area contributed by atoms with Gasteiger partial charge in [0.25, 0.3) is 0 Å². The van der Waals surface area contributed by atoms with Gasteiger partial charge in [0.1, 0.15) is 0 Å². The molecule has 1 aromatic rings. The summed E-state index contributed by atoms with van der Waals surface area (Å²) < 4.78 is 28.1. The van der Waals surface area contributed by atoms with E-state index in [1.807, 2.05) is 13.0 Å². The molecule has 0 amide bonds. The van der Waals surface area contributed by atoms with Crippen LogP contribution in [-0.2, 0) is 10.0 Å². The minimum absolute atomic E-state index is 0.338. The quantitative estimate of drug-likeness (QED) is 0.834. The Labute approximate surface area is 130 Å². The van der Waals surface area contributed by atoms with Crippen LogP contribution in [0.4, 0.5) is 0 Å². The van der Waals surface area contributed by atoms with Gasteiger partial charge in [0, 0.05) is 10.9 Å². The van der Waals surface area contributed by atoms with Crippen molar-refractivity contribution in [2.45, 2.75) is 50.0 Å². The van der Waals surface area contributed by atoms with Crippen molar-refractivity contribution in [3.8, 4) is 0 Å². The van der Waals surface area contributed by atoms with Crippen LogP contribution in [0.5, 0.6) is 0 Å². The summed E-state index contributed by atoms with van der Waals surface area (Å²) in [4.78, 5) is 0.358. The molecular weight excluding hydrogens is 338 g/mol. The lowest BCUT2D eigenvalue weighted by Gasteiger charge is -2.38. The van der Waals surface area contributed by atoms with Crippen LogP contribution in [0, 0.1) is 12.8 Å². The summed E-state index contributed by atoms with van der Waals surface area (Å²) in [6.45, 7) is 4.13. The average Bonchev–Trinajstić information content (AvgIpc) is 2.41. The Balaban J connectivity index is 2.22. The van der Waals surface area contributed by atoms with E-state index in [9.17, 15) is 8.42 Å². The third-order valence-corrected chi connectivity index (χ3v) is 6.79. The molecule has 1 N–H and O–H groups in total. The van der Waals surface area contributed by atoms with Crippen molar-refractivity contribution in [3.05, 3.63) is 29.8 Å². The highest BCUT2D eigenvalue weighted by molar-refractivity contribution is 9.09. The van der Waals surface area contributed by atoms with E-state index in [2.05, 4.69) is 27.6 Å². The van der Waals surface area contributed by atoms with Crippen molar-refractivity contribution in [2.75, 3.05) is 5.33 Å². The van der Waals surface area contributed by atoms with E-state index >= 15 is 0 Å². The Bertz CT molecular complexity index is 563. The van der Waals surface area contributed by atoms with Crippen LogP contribution in [0.2, 0.25) is 0 Å². The Hall–Kier alpha value is -0.390. The third kappa shape index (κ3) is 3.62. The summed E-state index contributed by atoms with van der Waals surface area (Å²) in [5.74, 6) is 0.686. The molecule has 0 aliphatic heterocycles. The van der Waals surface area contributed by atoms with Gasteiger partial charge < -0.3 is 0 Å². The van der Waals surface area contributed by atoms with E-state index in [0.717, 1.165) is 31.2 Å². The van der Waals surface area contributed by atoms with Gasteiger partial charge in [-0.2, -0.15) is 0 Å². The SMILES string of the molecule is Cc1cccc(S(=O)(=O)NC2(CBr)CCC(C)CC2)c1. The van der Waals surface area contributed by atoms with E-state index in [1.165, 1.54) is 0 Å². The predicted molar refractivity (Wildman–Crippen MR) is 85.7 cm³/mol. The van der Waals surface area contributed by atoms with Gasteiger partial charge >= 0.3 is 0 Å². The number of nitrogens with one attached hydrogen (secondary N) is 1. The lowest BCUT2D eigenvalue weighted by atomic mass is 9.79. The minimum Gasteiger partial charge on any atom is -0.207 e. The number of halogens is 1. The molecule has 20 heavy (non-hydrogen) atoms. The summed E-state index contributed by atoms with van der Waals surface area (Å²) in [6.07, 6.45) is 3.93. The maximum atomic E-state index is 12.6. The molecule has 1 aliphatic carbocycles. The fraction of sp³-hybridized carbons (Fsp3) is 0.600. The number of hydrogen-bond acceptors (Lipinski definition) is 2. The monoisotopic (exact) mass is 359 g/mol. The first-order valence-corrected chi connectivity index (χ1v) is 9.64. The van der Waals surface area contributed by atoms with Gasteiger partial charge in [0.2, 0.25) is 10.0 Å². The van der Waals surface area contributed by atoms with E-state index in [0.29, 0.717) is 16.1 Å². The minimum atomic E-state index is -3.45. The van der Waals surface area contributed by atoms with Crippen molar-refractivity contribution in [1.82, 2.24) is 4.72 Å². The standard InChI is InChI=1S/C15H22BrNO2S/c1-12-6-8-15(11-16,9-7-12)17-20(18,19)14-5-3-4-13(2)10-14/h3-5,10,12,17H,6-9,11H2,1-2H3. The molecule has 0 spiro atoms. The highest BCUT2D eigenvalue weighted by atomic mass is 79.9. The number of hydrogen-bond donors (Lipinski definition) is 1. The number of rotatable bonds is 4. The lowest BCUT2D eigenvalue weighted by molar-refractivity contribution is 0.250. The normalized spacial score (nSPS) is 27.4. The van der Waals surface area contributed by atoms with E-state index in [1.54, 1.807) is 18.2 Å². The van der Waals surface area contributed by atoms with Crippen LogP contribution in [0.3, 0.4) is 0 Å². The first-order chi connectivity index (χ1) is 9.37. The third-order valence-electron chi connectivity index (χ3n) is 4.14. The van der Waals surface area contributed by atoms with Crippen LogP contribution in [-0.4, -0.2) is 19.3 Å². The molecule has 1 saturated carbocycles. The fourth-order valence-electron chi connectivity index (χ4n) is 2.70. The van der Waals surface area contributed by atoms with Crippen molar-refractivity contribution >= 4 is 26.0 Å². The Morgan fingerprint density at radius 2 is 2.00 bits per heavy atom. The van der Waals surface area contributed by atoms with Crippen LogP contribution in [0.15, 0.2) is 29.2 Å². The zero-order valence-corrected chi connectivity index (χ0v) is 14.4. The molecule has 0 aromatic heterocycles. The van der Waals surface area contributed by atoms with Crippen LogP contribution in [0.1, 0.15) is 38.2 Å². The fourth-order valence-corrected chi connectivity index (χ4v) is 5.15. The van der Waals surface area contributed by atoms with Crippen molar-refractivity contribution in [3.63, 3.8) is 0 Å². The zero-order chi connectivity index (χ0) is 14.8. The van der Waals surface area contributed by atoms with Crippen LogP contribution < -0.4 is 4.72 Å². The highest BCUT2D eigenvalue weighted by Gasteiger charge is 2.37. The van der Waals surface area contributed by atoms with Gasteiger partial charge in [-0.25, -0.2) is 13.1 Å². The maximum Gasteiger partial charge on any atom is 0.241 e. The smallest absolute Gasteiger partial charge is 0.207 e. The molecule has 1 aromatic carbocycles. The van der Waals surface area contributed by atoms with Gasteiger partial charge in [-0.3, -0.25) is 0 Å². The highest BCUT2D eigenvalue weighted by Crippen LogP contribution is 2.34. The van der Waals surface area contributed by atoms with Gasteiger partial charge in [-0.1, -0.05) is 35.0 Å². The lowest BCUT2D eigenvalue weighted by Crippen LogP contribution is -2.51. The van der Waals surface area contributed by atoms with E-state index in [4.69, 9.17) is 0 Å². The molecule has 5 heteroatoms. The first-order valence-electron chi connectivity index (χ1n) is 7.03. The number of benzene rings is 1. The molecule has 112 valence electrons. The second kappa shape index (κ2) is 6.16. The summed E-state index contributed by atoms with van der Waals surface area (Å²) in [5, 5.41) is 0.664. The van der Waals surface area contributed by atoms with Gasteiger partial charge in [0.05, 0.1) is 4.90 Å². The molecular formula is C15H22BrNO2S. The molecule has 0 saturated heterocycles. The molecule has 2 rings (SSSR count). The van der Waals surface area contributed by atoms with Crippen molar-refractivity contribution < 1.29 is 8.42 Å². The first kappa shape index (κ1) is 16.0. The second-order valence-corrected chi connectivity index (χ2v) is 8.26. The summed E-state index contributed by atoms with van der Waals surface area (Å²) >= 11 is 3.50. The van der Waals surface area contributed by atoms with E-state index in [-0.39, 0.29) is 5.54 Å². The predicted octanol–water partition coefficient (Wildman–Crippen LogP) is 3.62. The number of sulfonamides is 1. The molecule has 0 atom stereocenters. The number of alkyl halides is 1. The summed E-state index contributed by atoms with van der Waals surface area (Å²) in [7, 11) is -3.45. The molecule has 0 heterocycles. The maximum absolute atomic E-state index is 12.6. The Kier molecular flexibility index (Phi) is 4.92. The molecule has 1 fully saturated rings. The van der Waals surface area contributed by atoms with Crippen LogP contribution >= 0.6 is 15.9 Å². The van der Waals surface area contributed by atoms with Gasteiger partial charge in [-0.15, -0.1) is 0 Å². The molecule has 0 radical (unpaired) electrons. The second-order valence-electron chi connectivity index (χ2n) is 6.02. The van der Waals surface area contributed by atoms with Gasteiger partial charge in [0.15, 0.2) is 0 Å². The average molecular weight is 360 g/mol. The summed E-state index contributed by atoms with van der Waals surface area (Å²) in [5.41, 5.74) is 0.618. The molecule has 0 unspecified atom stereocenters. The van der Waals surface area contributed by atoms with E-state index < -0.39 is 10.0 Å². The van der Waals surface area contributed by atoms with Gasteiger partial charge in [-0.05, 0) is 56.2 Å². The number of aryl methyl sites for hydroxylation is 1. The van der Waals surface area contributed by atoms with Crippen LogP contribution in [0.25, 0.3) is 0 Å². The van der Waals surface area contributed by atoms with Crippen molar-refractivity contribution in [1.29, 1.82) is 0 Å². The molecule has 1 aliphatic rings.